The summed E-state index contributed by atoms with van der Waals surface area (Å²) in [5, 5.41) is 8.12. The summed E-state index contributed by atoms with van der Waals surface area (Å²) >= 11 is 6.33. The quantitative estimate of drug-likeness (QED) is 0.922. The van der Waals surface area contributed by atoms with E-state index in [4.69, 9.17) is 11.6 Å². The third-order valence-corrected chi connectivity index (χ3v) is 3.80. The van der Waals surface area contributed by atoms with E-state index in [1.54, 1.807) is 24.0 Å². The van der Waals surface area contributed by atoms with Crippen LogP contribution >= 0.6 is 11.6 Å². The molecule has 6 heteroatoms. The minimum atomic E-state index is -0.319. The number of aryl methyl sites for hydroxylation is 2. The second-order valence-electron chi connectivity index (χ2n) is 4.60. The Labute approximate surface area is 123 Å². The third kappa shape index (κ3) is 2.83. The Kier molecular flexibility index (Phi) is 4.73. The Balaban J connectivity index is 2.32. The van der Waals surface area contributed by atoms with Crippen molar-refractivity contribution in [2.24, 2.45) is 7.05 Å². The van der Waals surface area contributed by atoms with Crippen molar-refractivity contribution in [3.05, 3.63) is 46.3 Å². The summed E-state index contributed by atoms with van der Waals surface area (Å²) in [6.45, 7) is 2.01. The number of likely N-dealkylation sites (N-methyl/N-ethyl adjacent to an activating group) is 1. The first-order valence-corrected chi connectivity index (χ1v) is 6.94. The molecule has 0 bridgehead atoms. The van der Waals surface area contributed by atoms with Crippen molar-refractivity contribution < 1.29 is 4.39 Å². The van der Waals surface area contributed by atoms with E-state index < -0.39 is 0 Å². The second-order valence-corrected chi connectivity index (χ2v) is 4.98. The van der Waals surface area contributed by atoms with Gasteiger partial charge in [0.1, 0.15) is 5.82 Å². The molecule has 108 valence electrons. The van der Waals surface area contributed by atoms with Gasteiger partial charge in [-0.05, 0) is 25.6 Å². The van der Waals surface area contributed by atoms with E-state index in [1.807, 2.05) is 14.0 Å². The smallest absolute Gasteiger partial charge is 0.146 e. The molecule has 0 aromatic carbocycles. The van der Waals surface area contributed by atoms with Crippen LogP contribution in [-0.2, 0) is 19.9 Å². The number of hydrogen-bond donors (Lipinski definition) is 1. The molecule has 0 aliphatic rings. The highest BCUT2D eigenvalue weighted by molar-refractivity contribution is 6.31. The third-order valence-electron chi connectivity index (χ3n) is 3.37. The van der Waals surface area contributed by atoms with E-state index in [9.17, 15) is 4.39 Å². The molecule has 2 aromatic rings. The zero-order valence-corrected chi connectivity index (χ0v) is 12.6. The van der Waals surface area contributed by atoms with Crippen molar-refractivity contribution >= 4 is 11.6 Å². The summed E-state index contributed by atoms with van der Waals surface area (Å²) in [5.74, 6) is -0.319. The molecule has 1 unspecified atom stereocenters. The maximum atomic E-state index is 13.8. The van der Waals surface area contributed by atoms with Crippen LogP contribution in [0.25, 0.3) is 0 Å². The number of hydrogen-bond acceptors (Lipinski definition) is 3. The number of halogens is 2. The van der Waals surface area contributed by atoms with Crippen LogP contribution in [0.1, 0.15) is 30.0 Å². The average molecular weight is 297 g/mol. The molecule has 0 spiro atoms. The fourth-order valence-corrected chi connectivity index (χ4v) is 2.60. The lowest BCUT2D eigenvalue weighted by molar-refractivity contribution is 0.504. The molecule has 0 saturated heterocycles. The predicted molar refractivity (Wildman–Crippen MR) is 77.3 cm³/mol. The van der Waals surface area contributed by atoms with Crippen molar-refractivity contribution in [2.45, 2.75) is 25.8 Å². The molecule has 0 amide bonds. The summed E-state index contributed by atoms with van der Waals surface area (Å²) in [7, 11) is 3.63. The molecule has 1 atom stereocenters. The molecule has 0 aliphatic heterocycles. The van der Waals surface area contributed by atoms with Gasteiger partial charge in [-0.1, -0.05) is 18.5 Å². The van der Waals surface area contributed by atoms with Gasteiger partial charge < -0.3 is 5.32 Å². The Hall–Kier alpha value is -1.46. The van der Waals surface area contributed by atoms with E-state index in [2.05, 4.69) is 15.4 Å². The Morgan fingerprint density at radius 3 is 2.80 bits per heavy atom. The highest BCUT2D eigenvalue weighted by Gasteiger charge is 2.21. The maximum Gasteiger partial charge on any atom is 0.146 e. The van der Waals surface area contributed by atoms with Crippen LogP contribution in [-0.4, -0.2) is 21.8 Å². The lowest BCUT2D eigenvalue weighted by Crippen LogP contribution is -2.22. The van der Waals surface area contributed by atoms with Gasteiger partial charge in [0, 0.05) is 19.7 Å². The van der Waals surface area contributed by atoms with Gasteiger partial charge in [0.05, 0.1) is 28.1 Å². The van der Waals surface area contributed by atoms with Crippen LogP contribution in [0, 0.1) is 5.82 Å². The molecule has 0 aliphatic carbocycles. The Morgan fingerprint density at radius 1 is 1.50 bits per heavy atom. The van der Waals surface area contributed by atoms with Crippen LogP contribution in [0.3, 0.4) is 0 Å². The summed E-state index contributed by atoms with van der Waals surface area (Å²) < 4.78 is 15.6. The molecule has 2 aromatic heterocycles. The summed E-state index contributed by atoms with van der Waals surface area (Å²) in [6.07, 6.45) is 2.90. The first-order valence-electron chi connectivity index (χ1n) is 6.56. The molecule has 20 heavy (non-hydrogen) atoms. The van der Waals surface area contributed by atoms with Crippen LogP contribution in [0.15, 0.2) is 18.3 Å². The van der Waals surface area contributed by atoms with Gasteiger partial charge in [-0.3, -0.25) is 9.67 Å². The summed E-state index contributed by atoms with van der Waals surface area (Å²) in [6, 6.07) is 2.75. The molecule has 0 radical (unpaired) electrons. The van der Waals surface area contributed by atoms with Crippen molar-refractivity contribution in [3.63, 3.8) is 0 Å². The molecule has 2 rings (SSSR count). The zero-order valence-electron chi connectivity index (χ0n) is 11.8. The first kappa shape index (κ1) is 14.9. The van der Waals surface area contributed by atoms with E-state index >= 15 is 0 Å². The average Bonchev–Trinajstić information content (AvgIpc) is 2.72. The van der Waals surface area contributed by atoms with Crippen molar-refractivity contribution in [1.82, 2.24) is 20.1 Å². The van der Waals surface area contributed by atoms with Crippen molar-refractivity contribution in [1.29, 1.82) is 0 Å². The molecule has 2 heterocycles. The Morgan fingerprint density at radius 2 is 2.25 bits per heavy atom. The van der Waals surface area contributed by atoms with Crippen LogP contribution in [0.5, 0.6) is 0 Å². The van der Waals surface area contributed by atoms with E-state index in [0.29, 0.717) is 17.1 Å². The number of nitrogens with one attached hydrogen (secondary N) is 1. The van der Waals surface area contributed by atoms with E-state index in [1.165, 1.54) is 6.07 Å². The van der Waals surface area contributed by atoms with Gasteiger partial charge in [-0.25, -0.2) is 4.39 Å². The molecule has 4 nitrogen and oxygen atoms in total. The van der Waals surface area contributed by atoms with Gasteiger partial charge >= 0.3 is 0 Å². The number of aromatic nitrogens is 3. The largest absolute Gasteiger partial charge is 0.311 e. The first-order chi connectivity index (χ1) is 9.58. The molecular formula is C14H18ClFN4. The number of nitrogens with zero attached hydrogens (tertiary/aromatic N) is 3. The van der Waals surface area contributed by atoms with Crippen molar-refractivity contribution in [2.75, 3.05) is 7.05 Å². The Bertz CT molecular complexity index is 597. The molecule has 0 saturated carbocycles. The van der Waals surface area contributed by atoms with Crippen LogP contribution < -0.4 is 5.32 Å². The number of pyridine rings is 1. The topological polar surface area (TPSA) is 42.7 Å². The van der Waals surface area contributed by atoms with Gasteiger partial charge in [-0.2, -0.15) is 5.10 Å². The molecule has 1 N–H and O–H groups in total. The van der Waals surface area contributed by atoms with Gasteiger partial charge in [0.2, 0.25) is 0 Å². The summed E-state index contributed by atoms with van der Waals surface area (Å²) in [4.78, 5) is 4.12. The zero-order chi connectivity index (χ0) is 14.7. The van der Waals surface area contributed by atoms with E-state index in [-0.39, 0.29) is 11.9 Å². The monoisotopic (exact) mass is 296 g/mol. The normalized spacial score (nSPS) is 12.7. The predicted octanol–water partition coefficient (Wildman–Crippen LogP) is 2.67. The standard InChI is InChI=1S/C14H18ClFN4/c1-4-10-13(15)12(20(3)19-10)8-11(17-2)14-9(16)6-5-7-18-14/h5-7,11,17H,4,8H2,1-3H3. The van der Waals surface area contributed by atoms with E-state index in [0.717, 1.165) is 17.8 Å². The van der Waals surface area contributed by atoms with Crippen LogP contribution in [0.4, 0.5) is 4.39 Å². The summed E-state index contributed by atoms with van der Waals surface area (Å²) in [5.41, 5.74) is 2.14. The highest BCUT2D eigenvalue weighted by atomic mass is 35.5. The maximum absolute atomic E-state index is 13.8. The lowest BCUT2D eigenvalue weighted by Gasteiger charge is -2.16. The van der Waals surface area contributed by atoms with Gasteiger partial charge in [0.25, 0.3) is 0 Å². The van der Waals surface area contributed by atoms with Gasteiger partial charge in [-0.15, -0.1) is 0 Å². The van der Waals surface area contributed by atoms with Gasteiger partial charge in [0.15, 0.2) is 0 Å². The fraction of sp³-hybridized carbons (Fsp3) is 0.429. The minimum absolute atomic E-state index is 0.242. The number of rotatable bonds is 5. The van der Waals surface area contributed by atoms with Crippen molar-refractivity contribution in [3.8, 4) is 0 Å². The SMILES string of the molecule is CCc1nn(C)c(CC(NC)c2ncccc2F)c1Cl. The molecular weight excluding hydrogens is 279 g/mol. The lowest BCUT2D eigenvalue weighted by atomic mass is 10.1. The highest BCUT2D eigenvalue weighted by Crippen LogP contribution is 2.26. The fourth-order valence-electron chi connectivity index (χ4n) is 2.22. The minimum Gasteiger partial charge on any atom is -0.311 e. The molecule has 0 fully saturated rings. The van der Waals surface area contributed by atoms with Crippen LogP contribution in [0.2, 0.25) is 5.02 Å². The second kappa shape index (κ2) is 6.33.